The quantitative estimate of drug-likeness (QED) is 0.520. The summed E-state index contributed by atoms with van der Waals surface area (Å²) in [5, 5.41) is 7.25. The van der Waals surface area contributed by atoms with Crippen LogP contribution in [0.5, 0.6) is 0 Å². The van der Waals surface area contributed by atoms with Crippen molar-refractivity contribution in [2.45, 2.75) is 25.8 Å². The average Bonchev–Trinajstić information content (AvgIpc) is 3.47. The van der Waals surface area contributed by atoms with Gasteiger partial charge in [-0.15, -0.1) is 0 Å². The molecule has 7 nitrogen and oxygen atoms in total. The molecule has 0 atom stereocenters. The molecule has 29 heavy (non-hydrogen) atoms. The molecule has 0 radical (unpaired) electrons. The van der Waals surface area contributed by atoms with Gasteiger partial charge in [0.25, 0.3) is 5.91 Å². The van der Waals surface area contributed by atoms with Gasteiger partial charge in [-0.05, 0) is 43.5 Å². The summed E-state index contributed by atoms with van der Waals surface area (Å²) in [6.07, 6.45) is 3.44. The fraction of sp³-hybridized carbons (Fsp3) is 0.182. The normalized spacial score (nSPS) is 13.0. The Kier molecular flexibility index (Phi) is 4.61. The molecule has 1 fully saturated rings. The standard InChI is InChI=1S/C22H19N5O2/c1-13-6-7-15(22(29)26-16-8-9-16)11-19(13)27-21(23)18(12-25-27)20(28)14-4-3-5-17(10-14)24-2/h3-7,10-12,16H,8-9,23H2,1H3,(H,26,29). The van der Waals surface area contributed by atoms with Crippen molar-refractivity contribution >= 4 is 23.2 Å². The number of benzene rings is 2. The van der Waals surface area contributed by atoms with Crippen LogP contribution in [-0.4, -0.2) is 27.5 Å². The Hall–Kier alpha value is -3.92. The molecule has 0 aliphatic heterocycles. The number of rotatable bonds is 5. The minimum Gasteiger partial charge on any atom is -0.383 e. The van der Waals surface area contributed by atoms with Gasteiger partial charge in [-0.1, -0.05) is 24.3 Å². The second-order valence-electron chi connectivity index (χ2n) is 7.10. The highest BCUT2D eigenvalue weighted by atomic mass is 16.1. The monoisotopic (exact) mass is 385 g/mol. The zero-order valence-electron chi connectivity index (χ0n) is 15.8. The van der Waals surface area contributed by atoms with Crippen molar-refractivity contribution in [3.05, 3.63) is 82.3 Å². The van der Waals surface area contributed by atoms with Crippen molar-refractivity contribution in [1.82, 2.24) is 15.1 Å². The van der Waals surface area contributed by atoms with Crippen molar-refractivity contribution in [1.29, 1.82) is 0 Å². The number of nitrogens with two attached hydrogens (primary N) is 1. The molecule has 1 amide bonds. The predicted octanol–water partition coefficient (Wildman–Crippen LogP) is 3.44. The molecule has 3 N–H and O–H groups in total. The average molecular weight is 385 g/mol. The molecular weight excluding hydrogens is 366 g/mol. The number of hydrogen-bond donors (Lipinski definition) is 2. The summed E-state index contributed by atoms with van der Waals surface area (Å²) in [6.45, 7) is 9.00. The zero-order valence-corrected chi connectivity index (χ0v) is 15.8. The third kappa shape index (κ3) is 3.60. The summed E-state index contributed by atoms with van der Waals surface area (Å²) < 4.78 is 1.47. The van der Waals surface area contributed by atoms with Crippen molar-refractivity contribution in [3.63, 3.8) is 0 Å². The molecule has 0 unspecified atom stereocenters. The maximum Gasteiger partial charge on any atom is 0.251 e. The van der Waals surface area contributed by atoms with Crippen LogP contribution >= 0.6 is 0 Å². The van der Waals surface area contributed by atoms with Crippen LogP contribution in [0.2, 0.25) is 0 Å². The molecule has 7 heteroatoms. The van der Waals surface area contributed by atoms with Crippen molar-refractivity contribution < 1.29 is 9.59 Å². The molecule has 144 valence electrons. The Bertz CT molecular complexity index is 1170. The van der Waals surface area contributed by atoms with E-state index < -0.39 is 0 Å². The number of amides is 1. The summed E-state index contributed by atoms with van der Waals surface area (Å²) >= 11 is 0. The summed E-state index contributed by atoms with van der Waals surface area (Å²) in [7, 11) is 0. The van der Waals surface area contributed by atoms with Crippen molar-refractivity contribution in [3.8, 4) is 5.69 Å². The first kappa shape index (κ1) is 18.4. The van der Waals surface area contributed by atoms with Gasteiger partial charge in [0.2, 0.25) is 0 Å². The molecule has 1 aliphatic rings. The molecule has 1 aliphatic carbocycles. The third-order valence-corrected chi connectivity index (χ3v) is 4.90. The highest BCUT2D eigenvalue weighted by Gasteiger charge is 2.24. The van der Waals surface area contributed by atoms with Gasteiger partial charge in [0.15, 0.2) is 11.5 Å². The molecule has 2 aromatic carbocycles. The smallest absolute Gasteiger partial charge is 0.251 e. The van der Waals surface area contributed by atoms with E-state index in [4.69, 9.17) is 12.3 Å². The highest BCUT2D eigenvalue weighted by Crippen LogP contribution is 2.25. The molecule has 1 saturated carbocycles. The molecular formula is C22H19N5O2. The van der Waals surface area contributed by atoms with Gasteiger partial charge >= 0.3 is 0 Å². The van der Waals surface area contributed by atoms with E-state index >= 15 is 0 Å². The van der Waals surface area contributed by atoms with Gasteiger partial charge in [-0.25, -0.2) is 9.53 Å². The largest absolute Gasteiger partial charge is 0.383 e. The van der Waals surface area contributed by atoms with Gasteiger partial charge < -0.3 is 11.1 Å². The molecule has 3 aromatic rings. The van der Waals surface area contributed by atoms with Crippen molar-refractivity contribution in [2.24, 2.45) is 0 Å². The lowest BCUT2D eigenvalue weighted by atomic mass is 10.0. The lowest BCUT2D eigenvalue weighted by Crippen LogP contribution is -2.25. The highest BCUT2D eigenvalue weighted by molar-refractivity contribution is 6.12. The van der Waals surface area contributed by atoms with E-state index in [9.17, 15) is 9.59 Å². The van der Waals surface area contributed by atoms with Crippen LogP contribution in [0.4, 0.5) is 11.5 Å². The van der Waals surface area contributed by atoms with Crippen LogP contribution in [0.25, 0.3) is 10.5 Å². The summed E-state index contributed by atoms with van der Waals surface area (Å²) in [5.41, 5.74) is 9.28. The second-order valence-corrected chi connectivity index (χ2v) is 7.10. The number of anilines is 1. The Morgan fingerprint density at radius 1 is 1.21 bits per heavy atom. The number of hydrogen-bond acceptors (Lipinski definition) is 4. The van der Waals surface area contributed by atoms with E-state index in [1.54, 1.807) is 30.3 Å². The van der Waals surface area contributed by atoms with E-state index in [-0.39, 0.29) is 29.1 Å². The van der Waals surface area contributed by atoms with Gasteiger partial charge in [0.05, 0.1) is 24.0 Å². The Morgan fingerprint density at radius 2 is 2.00 bits per heavy atom. The minimum absolute atomic E-state index is 0.133. The molecule has 4 rings (SSSR count). The fourth-order valence-electron chi connectivity index (χ4n) is 3.07. The number of nitrogens with zero attached hydrogens (tertiary/aromatic N) is 3. The number of carbonyl (C=O) groups excluding carboxylic acids is 2. The van der Waals surface area contributed by atoms with Gasteiger partial charge in [-0.2, -0.15) is 5.10 Å². The Morgan fingerprint density at radius 3 is 2.72 bits per heavy atom. The van der Waals surface area contributed by atoms with Crippen LogP contribution < -0.4 is 11.1 Å². The maximum atomic E-state index is 12.9. The van der Waals surface area contributed by atoms with Gasteiger partial charge in [0, 0.05) is 17.2 Å². The van der Waals surface area contributed by atoms with Crippen LogP contribution in [0.15, 0.2) is 48.7 Å². The van der Waals surface area contributed by atoms with Crippen LogP contribution in [0, 0.1) is 13.5 Å². The topological polar surface area (TPSA) is 94.4 Å². The number of aromatic nitrogens is 2. The van der Waals surface area contributed by atoms with Gasteiger partial charge in [0.1, 0.15) is 5.82 Å². The minimum atomic E-state index is -0.306. The maximum absolute atomic E-state index is 12.9. The van der Waals surface area contributed by atoms with Gasteiger partial charge in [-0.3, -0.25) is 9.59 Å². The SMILES string of the molecule is [C-]#[N+]c1cccc(C(=O)c2cnn(-c3cc(C(=O)NC4CC4)ccc3C)c2N)c1. The van der Waals surface area contributed by atoms with E-state index in [0.717, 1.165) is 18.4 Å². The van der Waals surface area contributed by atoms with Crippen LogP contribution in [0.1, 0.15) is 44.7 Å². The molecule has 0 saturated heterocycles. The van der Waals surface area contributed by atoms with E-state index in [1.165, 1.54) is 16.9 Å². The zero-order chi connectivity index (χ0) is 20.5. The predicted molar refractivity (Wildman–Crippen MR) is 109 cm³/mol. The van der Waals surface area contributed by atoms with Crippen LogP contribution in [-0.2, 0) is 0 Å². The summed E-state index contributed by atoms with van der Waals surface area (Å²) in [5.74, 6) is -0.252. The lowest BCUT2D eigenvalue weighted by Gasteiger charge is -2.11. The first-order chi connectivity index (χ1) is 14.0. The summed E-state index contributed by atoms with van der Waals surface area (Å²) in [4.78, 5) is 28.6. The number of carbonyl (C=O) groups is 2. The first-order valence-corrected chi connectivity index (χ1v) is 9.25. The number of ketones is 1. The Balaban J connectivity index is 1.68. The molecule has 0 bridgehead atoms. The molecule has 0 spiro atoms. The number of nitrogen functional groups attached to an aromatic ring is 1. The second kappa shape index (κ2) is 7.24. The summed E-state index contributed by atoms with van der Waals surface area (Å²) in [6, 6.07) is 12.0. The fourth-order valence-corrected chi connectivity index (χ4v) is 3.07. The number of nitrogens with one attached hydrogen (secondary N) is 1. The van der Waals surface area contributed by atoms with E-state index in [1.807, 2.05) is 13.0 Å². The van der Waals surface area contributed by atoms with E-state index in [0.29, 0.717) is 22.5 Å². The molecule has 1 aromatic heterocycles. The van der Waals surface area contributed by atoms with Crippen LogP contribution in [0.3, 0.4) is 0 Å². The first-order valence-electron chi connectivity index (χ1n) is 9.25. The van der Waals surface area contributed by atoms with E-state index in [2.05, 4.69) is 15.3 Å². The number of aryl methyl sites for hydroxylation is 1. The van der Waals surface area contributed by atoms with Crippen molar-refractivity contribution in [2.75, 3.05) is 5.73 Å². The molecule has 1 heterocycles. The Labute approximate surface area is 168 Å². The third-order valence-electron chi connectivity index (χ3n) is 4.90. The lowest BCUT2D eigenvalue weighted by molar-refractivity contribution is 0.0950.